The second-order valence-corrected chi connectivity index (χ2v) is 6.66. The van der Waals surface area contributed by atoms with Crippen molar-refractivity contribution in [2.45, 2.75) is 31.1 Å². The molecule has 0 saturated carbocycles. The van der Waals surface area contributed by atoms with E-state index in [1.54, 1.807) is 0 Å². The van der Waals surface area contributed by atoms with Crippen LogP contribution in [0.1, 0.15) is 26.3 Å². The Morgan fingerprint density at radius 3 is 2.76 bits per heavy atom. The average Bonchev–Trinajstić information content (AvgIpc) is 2.28. The summed E-state index contributed by atoms with van der Waals surface area (Å²) in [6.07, 6.45) is 0. The zero-order chi connectivity index (χ0) is 12.5. The van der Waals surface area contributed by atoms with Gasteiger partial charge < -0.3 is 10.6 Å². The van der Waals surface area contributed by atoms with Gasteiger partial charge in [0.25, 0.3) is 0 Å². The Bertz CT molecular complexity index is 396. The first-order chi connectivity index (χ1) is 8.04. The van der Waals surface area contributed by atoms with Crippen LogP contribution in [0.25, 0.3) is 0 Å². The second kappa shape index (κ2) is 4.91. The van der Waals surface area contributed by atoms with Gasteiger partial charge in [-0.15, -0.1) is 11.8 Å². The van der Waals surface area contributed by atoms with Crippen molar-refractivity contribution in [1.82, 2.24) is 0 Å². The van der Waals surface area contributed by atoms with Crippen molar-refractivity contribution in [2.75, 3.05) is 30.3 Å². The minimum Gasteiger partial charge on any atom is -0.368 e. The van der Waals surface area contributed by atoms with Crippen molar-refractivity contribution in [1.29, 1.82) is 0 Å². The van der Waals surface area contributed by atoms with Crippen molar-refractivity contribution in [2.24, 2.45) is 5.73 Å². The van der Waals surface area contributed by atoms with E-state index >= 15 is 0 Å². The molecular weight excluding hydrogens is 228 g/mol. The number of fused-ring (bicyclic) bond motifs is 1. The molecule has 17 heavy (non-hydrogen) atoms. The van der Waals surface area contributed by atoms with Crippen LogP contribution in [0, 0.1) is 0 Å². The summed E-state index contributed by atoms with van der Waals surface area (Å²) in [5.41, 5.74) is 8.78. The second-order valence-electron chi connectivity index (χ2n) is 5.53. The maximum Gasteiger partial charge on any atom is 0.0543 e. The number of nitrogens with zero attached hydrogens (tertiary/aromatic N) is 1. The van der Waals surface area contributed by atoms with E-state index in [1.165, 1.54) is 21.9 Å². The molecule has 0 aliphatic carbocycles. The summed E-state index contributed by atoms with van der Waals surface area (Å²) < 4.78 is 0. The summed E-state index contributed by atoms with van der Waals surface area (Å²) in [6.45, 7) is 9.64. The number of anilines is 1. The fourth-order valence-corrected chi connectivity index (χ4v) is 3.41. The summed E-state index contributed by atoms with van der Waals surface area (Å²) in [5.74, 6) is 1.17. The minimum absolute atomic E-state index is 0.191. The molecule has 0 bridgehead atoms. The number of hydrogen-bond donors (Lipinski definition) is 1. The Kier molecular flexibility index (Phi) is 3.69. The zero-order valence-corrected chi connectivity index (χ0v) is 11.8. The number of para-hydroxylation sites is 1. The van der Waals surface area contributed by atoms with Crippen LogP contribution in [-0.4, -0.2) is 25.4 Å². The lowest BCUT2D eigenvalue weighted by atomic mass is 9.85. The molecule has 1 heterocycles. The van der Waals surface area contributed by atoms with Crippen LogP contribution < -0.4 is 10.6 Å². The molecule has 1 aromatic rings. The molecule has 0 atom stereocenters. The van der Waals surface area contributed by atoms with Gasteiger partial charge >= 0.3 is 0 Å². The fourth-order valence-electron chi connectivity index (χ4n) is 2.33. The van der Waals surface area contributed by atoms with Gasteiger partial charge in [-0.05, 0) is 17.0 Å². The van der Waals surface area contributed by atoms with E-state index in [2.05, 4.69) is 43.9 Å². The van der Waals surface area contributed by atoms with Crippen LogP contribution in [-0.2, 0) is 5.41 Å². The van der Waals surface area contributed by atoms with Crippen LogP contribution in [0.2, 0.25) is 0 Å². The largest absolute Gasteiger partial charge is 0.368 e. The standard InChI is InChI=1S/C14H22N2S/c1-14(2,3)11-5-4-6-12-13(11)16(8-7-15)9-10-17-12/h4-6H,7-10,15H2,1-3H3. The van der Waals surface area contributed by atoms with Crippen LogP contribution >= 0.6 is 11.8 Å². The molecule has 3 heteroatoms. The van der Waals surface area contributed by atoms with Gasteiger partial charge in [0, 0.05) is 30.3 Å². The lowest BCUT2D eigenvalue weighted by Gasteiger charge is -2.36. The Labute approximate surface area is 109 Å². The van der Waals surface area contributed by atoms with Gasteiger partial charge in [0.1, 0.15) is 0 Å². The number of hydrogen-bond acceptors (Lipinski definition) is 3. The van der Waals surface area contributed by atoms with E-state index in [-0.39, 0.29) is 5.41 Å². The third-order valence-corrected chi connectivity index (χ3v) is 4.17. The van der Waals surface area contributed by atoms with Crippen molar-refractivity contribution in [3.05, 3.63) is 23.8 Å². The van der Waals surface area contributed by atoms with Gasteiger partial charge in [-0.2, -0.15) is 0 Å². The summed E-state index contributed by atoms with van der Waals surface area (Å²) in [5, 5.41) is 0. The molecule has 0 unspecified atom stereocenters. The van der Waals surface area contributed by atoms with E-state index < -0.39 is 0 Å². The Balaban J connectivity index is 2.49. The third kappa shape index (κ3) is 2.61. The molecule has 1 aromatic carbocycles. The predicted molar refractivity (Wildman–Crippen MR) is 77.1 cm³/mol. The SMILES string of the molecule is CC(C)(C)c1cccc2c1N(CCN)CCS2. The molecular formula is C14H22N2S. The van der Waals surface area contributed by atoms with Crippen LogP contribution in [0.5, 0.6) is 0 Å². The summed E-state index contributed by atoms with van der Waals surface area (Å²) in [6, 6.07) is 6.67. The Morgan fingerprint density at radius 2 is 2.12 bits per heavy atom. The third-order valence-electron chi connectivity index (χ3n) is 3.14. The Morgan fingerprint density at radius 1 is 1.35 bits per heavy atom. The van der Waals surface area contributed by atoms with Crippen molar-refractivity contribution >= 4 is 17.4 Å². The number of rotatable bonds is 2. The molecule has 0 saturated heterocycles. The molecule has 0 amide bonds. The van der Waals surface area contributed by atoms with Gasteiger partial charge in [-0.3, -0.25) is 0 Å². The highest BCUT2D eigenvalue weighted by Gasteiger charge is 2.25. The summed E-state index contributed by atoms with van der Waals surface area (Å²) >= 11 is 1.97. The molecule has 2 rings (SSSR count). The fraction of sp³-hybridized carbons (Fsp3) is 0.571. The van der Waals surface area contributed by atoms with E-state index in [9.17, 15) is 0 Å². The minimum atomic E-state index is 0.191. The van der Waals surface area contributed by atoms with Gasteiger partial charge in [0.05, 0.1) is 5.69 Å². The van der Waals surface area contributed by atoms with Crippen LogP contribution in [0.4, 0.5) is 5.69 Å². The monoisotopic (exact) mass is 250 g/mol. The molecule has 0 radical (unpaired) electrons. The molecule has 94 valence electrons. The van der Waals surface area contributed by atoms with Crippen LogP contribution in [0.15, 0.2) is 23.1 Å². The molecule has 2 nitrogen and oxygen atoms in total. The highest BCUT2D eigenvalue weighted by atomic mass is 32.2. The molecule has 0 fully saturated rings. The highest BCUT2D eigenvalue weighted by molar-refractivity contribution is 7.99. The molecule has 2 N–H and O–H groups in total. The van der Waals surface area contributed by atoms with E-state index in [0.717, 1.165) is 19.6 Å². The number of thioether (sulfide) groups is 1. The van der Waals surface area contributed by atoms with E-state index in [0.29, 0.717) is 0 Å². The predicted octanol–water partition coefficient (Wildman–Crippen LogP) is 2.85. The van der Waals surface area contributed by atoms with E-state index in [4.69, 9.17) is 5.73 Å². The quantitative estimate of drug-likeness (QED) is 0.875. The highest BCUT2D eigenvalue weighted by Crippen LogP contribution is 2.41. The maximum absolute atomic E-state index is 5.73. The summed E-state index contributed by atoms with van der Waals surface area (Å²) in [4.78, 5) is 3.86. The van der Waals surface area contributed by atoms with Gasteiger partial charge in [-0.25, -0.2) is 0 Å². The topological polar surface area (TPSA) is 29.3 Å². The first kappa shape index (κ1) is 12.8. The number of benzene rings is 1. The first-order valence-electron chi connectivity index (χ1n) is 6.25. The van der Waals surface area contributed by atoms with Crippen LogP contribution in [0.3, 0.4) is 0 Å². The van der Waals surface area contributed by atoms with Crippen molar-refractivity contribution in [3.8, 4) is 0 Å². The molecule has 0 aromatic heterocycles. The first-order valence-corrected chi connectivity index (χ1v) is 7.24. The van der Waals surface area contributed by atoms with Gasteiger partial charge in [0.2, 0.25) is 0 Å². The van der Waals surface area contributed by atoms with Gasteiger partial charge in [-0.1, -0.05) is 32.9 Å². The zero-order valence-electron chi connectivity index (χ0n) is 11.0. The molecule has 1 aliphatic heterocycles. The normalized spacial score (nSPS) is 15.9. The Hall–Kier alpha value is -0.670. The van der Waals surface area contributed by atoms with Gasteiger partial charge in [0.15, 0.2) is 0 Å². The number of nitrogens with two attached hydrogens (primary N) is 1. The summed E-state index contributed by atoms with van der Waals surface area (Å²) in [7, 11) is 0. The molecule has 1 aliphatic rings. The van der Waals surface area contributed by atoms with Crippen molar-refractivity contribution < 1.29 is 0 Å². The molecule has 0 spiro atoms. The smallest absolute Gasteiger partial charge is 0.0543 e. The average molecular weight is 250 g/mol. The van der Waals surface area contributed by atoms with Crippen molar-refractivity contribution in [3.63, 3.8) is 0 Å². The van der Waals surface area contributed by atoms with E-state index in [1.807, 2.05) is 11.8 Å². The lowest BCUT2D eigenvalue weighted by molar-refractivity contribution is 0.584. The lowest BCUT2D eigenvalue weighted by Crippen LogP contribution is -2.35. The maximum atomic E-state index is 5.73.